The second-order valence-electron chi connectivity index (χ2n) is 7.71. The number of nitrogens with zero attached hydrogens (tertiary/aromatic N) is 1. The SMILES string of the molecule is O=C(NC1CCN(C(=O)Oc2ccccc2)CC1)C(c1ccccc1)c1ccccc1. The van der Waals surface area contributed by atoms with Gasteiger partial charge < -0.3 is 15.0 Å². The lowest BCUT2D eigenvalue weighted by Crippen LogP contribution is -2.48. The molecule has 0 saturated carbocycles. The highest BCUT2D eigenvalue weighted by Crippen LogP contribution is 2.25. The average molecular weight is 415 g/mol. The van der Waals surface area contributed by atoms with E-state index < -0.39 is 0 Å². The number of para-hydroxylation sites is 1. The number of benzene rings is 3. The molecule has 5 heteroatoms. The number of rotatable bonds is 5. The molecule has 1 aliphatic heterocycles. The Hall–Kier alpha value is -3.60. The molecule has 0 aromatic heterocycles. The van der Waals surface area contributed by atoms with Crippen molar-refractivity contribution in [1.29, 1.82) is 0 Å². The van der Waals surface area contributed by atoms with Gasteiger partial charge in [-0.1, -0.05) is 78.9 Å². The highest BCUT2D eigenvalue weighted by Gasteiger charge is 2.28. The maximum absolute atomic E-state index is 13.3. The molecule has 5 nitrogen and oxygen atoms in total. The van der Waals surface area contributed by atoms with Crippen LogP contribution in [0.3, 0.4) is 0 Å². The fraction of sp³-hybridized carbons (Fsp3) is 0.231. The summed E-state index contributed by atoms with van der Waals surface area (Å²) >= 11 is 0. The minimum absolute atomic E-state index is 0.0114. The summed E-state index contributed by atoms with van der Waals surface area (Å²) in [5.74, 6) is 0.169. The quantitative estimate of drug-likeness (QED) is 0.664. The Balaban J connectivity index is 1.37. The molecule has 31 heavy (non-hydrogen) atoms. The number of nitrogens with one attached hydrogen (secondary N) is 1. The van der Waals surface area contributed by atoms with E-state index in [0.717, 1.165) is 11.1 Å². The summed E-state index contributed by atoms with van der Waals surface area (Å²) in [6.45, 7) is 1.11. The van der Waals surface area contributed by atoms with Crippen LogP contribution in [-0.2, 0) is 4.79 Å². The van der Waals surface area contributed by atoms with Crippen molar-refractivity contribution in [3.8, 4) is 5.75 Å². The summed E-state index contributed by atoms with van der Waals surface area (Å²) in [7, 11) is 0. The fourth-order valence-corrected chi connectivity index (χ4v) is 3.93. The molecule has 1 fully saturated rings. The Morgan fingerprint density at radius 1 is 0.774 bits per heavy atom. The molecule has 0 bridgehead atoms. The van der Waals surface area contributed by atoms with Gasteiger partial charge in [-0.15, -0.1) is 0 Å². The van der Waals surface area contributed by atoms with Crippen molar-refractivity contribution in [3.05, 3.63) is 102 Å². The van der Waals surface area contributed by atoms with E-state index in [1.165, 1.54) is 0 Å². The number of carbonyl (C=O) groups excluding carboxylic acids is 2. The van der Waals surface area contributed by atoms with Gasteiger partial charge in [-0.2, -0.15) is 0 Å². The van der Waals surface area contributed by atoms with Crippen molar-refractivity contribution in [2.45, 2.75) is 24.8 Å². The van der Waals surface area contributed by atoms with Crippen LogP contribution in [0.25, 0.3) is 0 Å². The summed E-state index contributed by atoms with van der Waals surface area (Å²) in [6.07, 6.45) is 1.06. The van der Waals surface area contributed by atoms with E-state index in [4.69, 9.17) is 4.74 Å². The summed E-state index contributed by atoms with van der Waals surface area (Å²) in [5, 5.41) is 3.21. The zero-order chi connectivity index (χ0) is 21.5. The minimum Gasteiger partial charge on any atom is -0.410 e. The van der Waals surface area contributed by atoms with Gasteiger partial charge in [0.2, 0.25) is 5.91 Å². The molecule has 0 atom stereocenters. The standard InChI is InChI=1S/C26H26N2O3/c29-25(24(20-10-4-1-5-11-20)21-12-6-2-7-13-21)27-22-16-18-28(19-17-22)26(30)31-23-14-8-3-9-15-23/h1-15,22,24H,16-19H2,(H,27,29). The largest absolute Gasteiger partial charge is 0.415 e. The van der Waals surface area contributed by atoms with Crippen molar-refractivity contribution in [3.63, 3.8) is 0 Å². The van der Waals surface area contributed by atoms with Crippen LogP contribution in [0, 0.1) is 0 Å². The third-order valence-electron chi connectivity index (χ3n) is 5.58. The Kier molecular flexibility index (Phi) is 6.62. The molecule has 1 heterocycles. The fourth-order valence-electron chi connectivity index (χ4n) is 3.93. The molecule has 0 aliphatic carbocycles. The van der Waals surface area contributed by atoms with E-state index in [0.29, 0.717) is 31.7 Å². The molecule has 1 aliphatic rings. The first kappa shape index (κ1) is 20.7. The van der Waals surface area contributed by atoms with E-state index in [1.54, 1.807) is 17.0 Å². The molecule has 1 N–H and O–H groups in total. The van der Waals surface area contributed by atoms with Crippen LogP contribution in [0.15, 0.2) is 91.0 Å². The van der Waals surface area contributed by atoms with Gasteiger partial charge in [0.05, 0.1) is 5.92 Å². The Bertz CT molecular complexity index is 945. The third-order valence-corrected chi connectivity index (χ3v) is 5.58. The lowest BCUT2D eigenvalue weighted by molar-refractivity contribution is -0.122. The van der Waals surface area contributed by atoms with E-state index in [2.05, 4.69) is 5.32 Å². The van der Waals surface area contributed by atoms with Crippen molar-refractivity contribution in [2.24, 2.45) is 0 Å². The number of likely N-dealkylation sites (tertiary alicyclic amines) is 1. The van der Waals surface area contributed by atoms with Crippen molar-refractivity contribution < 1.29 is 14.3 Å². The molecule has 0 spiro atoms. The van der Waals surface area contributed by atoms with Crippen molar-refractivity contribution >= 4 is 12.0 Å². The average Bonchev–Trinajstić information content (AvgIpc) is 2.82. The maximum Gasteiger partial charge on any atom is 0.415 e. The molecule has 3 aromatic rings. The van der Waals surface area contributed by atoms with E-state index in [9.17, 15) is 9.59 Å². The van der Waals surface area contributed by atoms with Gasteiger partial charge in [0, 0.05) is 19.1 Å². The molecule has 0 radical (unpaired) electrons. The predicted molar refractivity (Wildman–Crippen MR) is 120 cm³/mol. The van der Waals surface area contributed by atoms with Gasteiger partial charge in [-0.25, -0.2) is 4.79 Å². The molecule has 158 valence electrons. The lowest BCUT2D eigenvalue weighted by Gasteiger charge is -2.32. The first-order valence-corrected chi connectivity index (χ1v) is 10.6. The van der Waals surface area contributed by atoms with Gasteiger partial charge in [0.1, 0.15) is 5.75 Å². The first-order chi connectivity index (χ1) is 15.2. The lowest BCUT2D eigenvalue weighted by atomic mass is 9.90. The van der Waals surface area contributed by atoms with Gasteiger partial charge >= 0.3 is 6.09 Å². The van der Waals surface area contributed by atoms with E-state index in [1.807, 2.05) is 78.9 Å². The molecule has 1 saturated heterocycles. The minimum atomic E-state index is -0.358. The second-order valence-corrected chi connectivity index (χ2v) is 7.71. The Morgan fingerprint density at radius 3 is 1.77 bits per heavy atom. The topological polar surface area (TPSA) is 58.6 Å². The van der Waals surface area contributed by atoms with E-state index >= 15 is 0 Å². The Morgan fingerprint density at radius 2 is 1.26 bits per heavy atom. The molecule has 4 rings (SSSR count). The number of piperidine rings is 1. The normalized spacial score (nSPS) is 14.3. The highest BCUT2D eigenvalue weighted by molar-refractivity contribution is 5.87. The van der Waals surface area contributed by atoms with Crippen LogP contribution in [0.5, 0.6) is 5.75 Å². The zero-order valence-corrected chi connectivity index (χ0v) is 17.3. The van der Waals surface area contributed by atoms with Gasteiger partial charge in [0.15, 0.2) is 0 Å². The van der Waals surface area contributed by atoms with Crippen molar-refractivity contribution in [2.75, 3.05) is 13.1 Å². The highest BCUT2D eigenvalue weighted by atomic mass is 16.6. The summed E-state index contributed by atoms with van der Waals surface area (Å²) in [6, 6.07) is 28.8. The van der Waals surface area contributed by atoms with Crippen LogP contribution in [0.1, 0.15) is 29.9 Å². The van der Waals surface area contributed by atoms with Crippen molar-refractivity contribution in [1.82, 2.24) is 10.2 Å². The summed E-state index contributed by atoms with van der Waals surface area (Å²) in [4.78, 5) is 27.3. The van der Waals surface area contributed by atoms with Gasteiger partial charge in [-0.3, -0.25) is 4.79 Å². The molecule has 2 amide bonds. The smallest absolute Gasteiger partial charge is 0.410 e. The predicted octanol–water partition coefficient (Wildman–Crippen LogP) is 4.60. The zero-order valence-electron chi connectivity index (χ0n) is 17.3. The van der Waals surface area contributed by atoms with Crippen LogP contribution in [-0.4, -0.2) is 36.0 Å². The number of ether oxygens (including phenoxy) is 1. The number of carbonyl (C=O) groups is 2. The number of hydrogen-bond acceptors (Lipinski definition) is 3. The first-order valence-electron chi connectivity index (χ1n) is 10.6. The van der Waals surface area contributed by atoms with Gasteiger partial charge in [0.25, 0.3) is 0 Å². The second kappa shape index (κ2) is 9.94. The van der Waals surface area contributed by atoms with E-state index in [-0.39, 0.29) is 24.0 Å². The Labute approximate surface area is 182 Å². The number of amides is 2. The summed E-state index contributed by atoms with van der Waals surface area (Å²) < 4.78 is 5.42. The summed E-state index contributed by atoms with van der Waals surface area (Å²) in [5.41, 5.74) is 1.94. The number of hydrogen-bond donors (Lipinski definition) is 1. The van der Waals surface area contributed by atoms with Crippen LogP contribution in [0.2, 0.25) is 0 Å². The maximum atomic E-state index is 13.3. The third kappa shape index (κ3) is 5.31. The molecule has 3 aromatic carbocycles. The molecular weight excluding hydrogens is 388 g/mol. The van der Waals surface area contributed by atoms with Crippen LogP contribution in [0.4, 0.5) is 4.79 Å². The molecule has 0 unspecified atom stereocenters. The van der Waals surface area contributed by atoms with Crippen LogP contribution < -0.4 is 10.1 Å². The molecular formula is C26H26N2O3. The van der Waals surface area contributed by atoms with Gasteiger partial charge in [-0.05, 0) is 36.1 Å². The van der Waals surface area contributed by atoms with Crippen LogP contribution >= 0.6 is 0 Å². The monoisotopic (exact) mass is 414 g/mol.